The maximum atomic E-state index is 12.2. The fraction of sp³-hybridized carbons (Fsp3) is 0.421. The summed E-state index contributed by atoms with van der Waals surface area (Å²) in [5.74, 6) is 0.621. The predicted octanol–water partition coefficient (Wildman–Crippen LogP) is 1.67. The van der Waals surface area contributed by atoms with Crippen LogP contribution in [0.1, 0.15) is 19.3 Å². The van der Waals surface area contributed by atoms with E-state index in [0.717, 1.165) is 16.9 Å². The third-order valence-electron chi connectivity index (χ3n) is 5.16. The number of allylic oxidation sites excluding steroid dienone is 1. The molecule has 1 aliphatic rings. The Kier molecular flexibility index (Phi) is 5.50. The van der Waals surface area contributed by atoms with E-state index in [1.54, 1.807) is 11.1 Å². The molecule has 8 heteroatoms. The summed E-state index contributed by atoms with van der Waals surface area (Å²) in [6.07, 6.45) is 5.57. The minimum Gasteiger partial charge on any atom is -0.354 e. The molecule has 0 bridgehead atoms. The summed E-state index contributed by atoms with van der Waals surface area (Å²) in [4.78, 5) is 39.6. The number of likely N-dealkylation sites (N-methyl/N-ethyl adjacent to an activating group) is 1. The molecule has 2 aromatic heterocycles. The molecule has 0 aromatic carbocycles. The number of nitrogens with zero attached hydrogens (tertiary/aromatic N) is 5. The number of likely N-dealkylation sites (tertiary alicyclic amines) is 1. The number of H-pyrrole nitrogens is 1. The van der Waals surface area contributed by atoms with Crippen LogP contribution in [0.3, 0.4) is 0 Å². The van der Waals surface area contributed by atoms with Gasteiger partial charge in [0, 0.05) is 32.8 Å². The SMILES string of the molecule is C=CC(=O)C[C@@H]1CCN(C(=O)CC#N)CC1N(C)c1ncnc2[nH]ccc12. The summed E-state index contributed by atoms with van der Waals surface area (Å²) in [5, 5.41) is 9.72. The Labute approximate surface area is 157 Å². The number of hydrogen-bond donors (Lipinski definition) is 1. The van der Waals surface area contributed by atoms with E-state index in [9.17, 15) is 9.59 Å². The van der Waals surface area contributed by atoms with Crippen LogP contribution in [0.15, 0.2) is 31.2 Å². The van der Waals surface area contributed by atoms with Gasteiger partial charge in [-0.3, -0.25) is 9.59 Å². The van der Waals surface area contributed by atoms with Crippen molar-refractivity contribution in [2.24, 2.45) is 5.92 Å². The van der Waals surface area contributed by atoms with Gasteiger partial charge in [-0.15, -0.1) is 0 Å². The molecule has 1 fully saturated rings. The lowest BCUT2D eigenvalue weighted by Crippen LogP contribution is -2.53. The zero-order chi connectivity index (χ0) is 19.4. The molecule has 27 heavy (non-hydrogen) atoms. The van der Waals surface area contributed by atoms with E-state index in [0.29, 0.717) is 25.9 Å². The molecule has 3 rings (SSSR count). The zero-order valence-corrected chi connectivity index (χ0v) is 15.3. The molecule has 0 spiro atoms. The molecule has 1 unspecified atom stereocenters. The molecule has 2 atom stereocenters. The third-order valence-corrected chi connectivity index (χ3v) is 5.16. The summed E-state index contributed by atoms with van der Waals surface area (Å²) in [6.45, 7) is 4.56. The Balaban J connectivity index is 1.90. The number of aromatic amines is 1. The molecule has 1 amide bonds. The van der Waals surface area contributed by atoms with Crippen LogP contribution in [0.4, 0.5) is 5.82 Å². The van der Waals surface area contributed by atoms with E-state index in [1.165, 1.54) is 12.4 Å². The molecule has 1 saturated heterocycles. The molecule has 3 heterocycles. The summed E-state index contributed by atoms with van der Waals surface area (Å²) < 4.78 is 0. The summed E-state index contributed by atoms with van der Waals surface area (Å²) >= 11 is 0. The fourth-order valence-corrected chi connectivity index (χ4v) is 3.70. The van der Waals surface area contributed by atoms with Crippen molar-refractivity contribution in [3.05, 3.63) is 31.2 Å². The van der Waals surface area contributed by atoms with Crippen molar-refractivity contribution < 1.29 is 9.59 Å². The van der Waals surface area contributed by atoms with Crippen LogP contribution in [-0.4, -0.2) is 57.7 Å². The standard InChI is InChI=1S/C19H22N6O2/c1-3-14(26)10-13-6-9-25(17(27)4-7-20)11-16(13)24(2)19-15-5-8-21-18(15)22-12-23-19/h3,5,8,12-13,16H,1,4,6,9-11H2,2H3,(H,21,22,23)/t13-,16?/m0/s1. The van der Waals surface area contributed by atoms with Crippen LogP contribution in [0.2, 0.25) is 0 Å². The normalized spacial score (nSPS) is 19.5. The topological polar surface area (TPSA) is 106 Å². The van der Waals surface area contributed by atoms with E-state index in [4.69, 9.17) is 5.26 Å². The average molecular weight is 366 g/mol. The number of piperidine rings is 1. The number of ketones is 1. The predicted molar refractivity (Wildman–Crippen MR) is 101 cm³/mol. The molecular formula is C19H22N6O2. The molecule has 0 aliphatic carbocycles. The number of rotatable bonds is 6. The summed E-state index contributed by atoms with van der Waals surface area (Å²) in [5.41, 5.74) is 0.735. The largest absolute Gasteiger partial charge is 0.354 e. The number of nitrogens with one attached hydrogen (secondary N) is 1. The Morgan fingerprint density at radius 3 is 3.07 bits per heavy atom. The van der Waals surface area contributed by atoms with Gasteiger partial charge in [0.25, 0.3) is 0 Å². The van der Waals surface area contributed by atoms with E-state index in [1.807, 2.05) is 24.1 Å². The highest BCUT2D eigenvalue weighted by Crippen LogP contribution is 2.30. The van der Waals surface area contributed by atoms with Crippen LogP contribution >= 0.6 is 0 Å². The van der Waals surface area contributed by atoms with Gasteiger partial charge in [-0.25, -0.2) is 9.97 Å². The summed E-state index contributed by atoms with van der Waals surface area (Å²) in [7, 11) is 1.92. The molecule has 0 radical (unpaired) electrons. The Morgan fingerprint density at radius 1 is 1.52 bits per heavy atom. The van der Waals surface area contributed by atoms with Crippen molar-refractivity contribution in [3.63, 3.8) is 0 Å². The Hall–Kier alpha value is -3.21. The maximum absolute atomic E-state index is 12.2. The first-order valence-corrected chi connectivity index (χ1v) is 8.86. The van der Waals surface area contributed by atoms with Crippen LogP contribution in [-0.2, 0) is 9.59 Å². The van der Waals surface area contributed by atoms with Gasteiger partial charge in [0.2, 0.25) is 5.91 Å². The number of anilines is 1. The molecule has 8 nitrogen and oxygen atoms in total. The molecular weight excluding hydrogens is 344 g/mol. The van der Waals surface area contributed by atoms with E-state index < -0.39 is 0 Å². The van der Waals surface area contributed by atoms with Gasteiger partial charge >= 0.3 is 0 Å². The minimum atomic E-state index is -0.182. The van der Waals surface area contributed by atoms with Gasteiger partial charge in [0.15, 0.2) is 5.78 Å². The lowest BCUT2D eigenvalue weighted by molar-refractivity contribution is -0.132. The second-order valence-electron chi connectivity index (χ2n) is 6.71. The number of carbonyl (C=O) groups excluding carboxylic acids is 2. The summed E-state index contributed by atoms with van der Waals surface area (Å²) in [6, 6.07) is 3.73. The van der Waals surface area contributed by atoms with Gasteiger partial charge in [-0.2, -0.15) is 5.26 Å². The quantitative estimate of drug-likeness (QED) is 0.780. The lowest BCUT2D eigenvalue weighted by atomic mass is 9.86. The fourth-order valence-electron chi connectivity index (χ4n) is 3.70. The monoisotopic (exact) mass is 366 g/mol. The van der Waals surface area contributed by atoms with E-state index in [2.05, 4.69) is 21.5 Å². The van der Waals surface area contributed by atoms with Crippen molar-refractivity contribution in [1.82, 2.24) is 19.9 Å². The van der Waals surface area contributed by atoms with E-state index in [-0.39, 0.29) is 30.1 Å². The van der Waals surface area contributed by atoms with Crippen molar-refractivity contribution in [2.75, 3.05) is 25.0 Å². The molecule has 2 aromatic rings. The smallest absolute Gasteiger partial charge is 0.236 e. The Morgan fingerprint density at radius 2 is 2.33 bits per heavy atom. The highest BCUT2D eigenvalue weighted by molar-refractivity contribution is 5.90. The highest BCUT2D eigenvalue weighted by atomic mass is 16.2. The first kappa shape index (κ1) is 18.6. The van der Waals surface area contributed by atoms with E-state index >= 15 is 0 Å². The van der Waals surface area contributed by atoms with Crippen molar-refractivity contribution in [1.29, 1.82) is 5.26 Å². The number of fused-ring (bicyclic) bond motifs is 1. The highest BCUT2D eigenvalue weighted by Gasteiger charge is 2.35. The van der Waals surface area contributed by atoms with Gasteiger partial charge in [0.1, 0.15) is 24.2 Å². The average Bonchev–Trinajstić information content (AvgIpc) is 3.16. The second-order valence-corrected chi connectivity index (χ2v) is 6.71. The van der Waals surface area contributed by atoms with Gasteiger partial charge in [-0.1, -0.05) is 6.58 Å². The number of carbonyl (C=O) groups is 2. The zero-order valence-electron chi connectivity index (χ0n) is 15.3. The van der Waals surface area contributed by atoms with Crippen LogP contribution in [0, 0.1) is 17.2 Å². The second kappa shape index (κ2) is 7.99. The molecule has 0 saturated carbocycles. The number of aromatic nitrogens is 3. The van der Waals surface area contributed by atoms with Gasteiger partial charge in [-0.05, 0) is 24.5 Å². The van der Waals surface area contributed by atoms with Crippen LogP contribution in [0.25, 0.3) is 11.0 Å². The molecule has 1 N–H and O–H groups in total. The molecule has 1 aliphatic heterocycles. The number of nitriles is 1. The number of amides is 1. The minimum absolute atomic E-state index is 0.00956. The van der Waals surface area contributed by atoms with Gasteiger partial charge < -0.3 is 14.8 Å². The van der Waals surface area contributed by atoms with Crippen molar-refractivity contribution in [2.45, 2.75) is 25.3 Å². The van der Waals surface area contributed by atoms with Crippen molar-refractivity contribution >= 4 is 28.5 Å². The first-order chi connectivity index (χ1) is 13.0. The lowest BCUT2D eigenvalue weighted by Gasteiger charge is -2.43. The number of hydrogen-bond acceptors (Lipinski definition) is 6. The van der Waals surface area contributed by atoms with Crippen molar-refractivity contribution in [3.8, 4) is 6.07 Å². The third kappa shape index (κ3) is 3.82. The maximum Gasteiger partial charge on any atom is 0.236 e. The van der Waals surface area contributed by atoms with Crippen LogP contribution in [0.5, 0.6) is 0 Å². The van der Waals surface area contributed by atoms with Gasteiger partial charge in [0.05, 0.1) is 17.5 Å². The Bertz CT molecular complexity index is 899. The van der Waals surface area contributed by atoms with Crippen LogP contribution < -0.4 is 4.90 Å². The molecule has 140 valence electrons. The first-order valence-electron chi connectivity index (χ1n) is 8.86.